The van der Waals surface area contributed by atoms with E-state index < -0.39 is 0 Å². The summed E-state index contributed by atoms with van der Waals surface area (Å²) in [6, 6.07) is 7.83. The van der Waals surface area contributed by atoms with Gasteiger partial charge in [-0.25, -0.2) is 0 Å². The van der Waals surface area contributed by atoms with Crippen LogP contribution in [-0.2, 0) is 19.4 Å². The summed E-state index contributed by atoms with van der Waals surface area (Å²) >= 11 is 0. The fourth-order valence-electron chi connectivity index (χ4n) is 2.98. The molecule has 0 aliphatic carbocycles. The topological polar surface area (TPSA) is 68.4 Å². The van der Waals surface area contributed by atoms with Gasteiger partial charge in [0.05, 0.1) is 13.2 Å². The molecule has 0 aliphatic heterocycles. The first kappa shape index (κ1) is 19.3. The quantitative estimate of drug-likeness (QED) is 0.501. The Balaban J connectivity index is 2.10. The van der Waals surface area contributed by atoms with Gasteiger partial charge < -0.3 is 15.6 Å². The van der Waals surface area contributed by atoms with Gasteiger partial charge in [-0.05, 0) is 49.1 Å². The fraction of sp³-hybridized carbons (Fsp3) is 0.476. The summed E-state index contributed by atoms with van der Waals surface area (Å²) in [5.74, 6) is 0.805. The number of ether oxygens (including phenoxy) is 1. The molecule has 2 rings (SSSR count). The maximum atomic E-state index is 9.59. The van der Waals surface area contributed by atoms with Crippen LogP contribution in [0.4, 0.5) is 5.69 Å². The van der Waals surface area contributed by atoms with Gasteiger partial charge in [0, 0.05) is 29.6 Å². The Kier molecular flexibility index (Phi) is 7.74. The van der Waals surface area contributed by atoms with Gasteiger partial charge in [-0.3, -0.25) is 4.98 Å². The predicted octanol–water partition coefficient (Wildman–Crippen LogP) is 4.21. The van der Waals surface area contributed by atoms with Crippen molar-refractivity contribution in [2.45, 2.75) is 59.0 Å². The summed E-state index contributed by atoms with van der Waals surface area (Å²) in [7, 11) is 0. The summed E-state index contributed by atoms with van der Waals surface area (Å²) in [6.07, 6.45) is 8.21. The van der Waals surface area contributed by atoms with E-state index in [1.165, 1.54) is 19.3 Å². The van der Waals surface area contributed by atoms with Crippen LogP contribution in [0.5, 0.6) is 5.75 Å². The second kappa shape index (κ2) is 10.0. The lowest BCUT2D eigenvalue weighted by Crippen LogP contribution is -2.09. The normalized spacial score (nSPS) is 10.8. The molecule has 0 atom stereocenters. The van der Waals surface area contributed by atoms with Crippen molar-refractivity contribution in [2.75, 3.05) is 12.3 Å². The number of nitrogens with zero attached hydrogens (tertiary/aromatic N) is 1. The van der Waals surface area contributed by atoms with E-state index >= 15 is 0 Å². The minimum absolute atomic E-state index is 0.0251. The van der Waals surface area contributed by atoms with E-state index in [1.54, 1.807) is 6.20 Å². The first-order chi connectivity index (χ1) is 12.2. The molecule has 2 aromatic rings. The number of nitrogens with two attached hydrogens (primary N) is 1. The van der Waals surface area contributed by atoms with Crippen LogP contribution < -0.4 is 10.5 Å². The molecule has 3 N–H and O–H groups in total. The zero-order chi connectivity index (χ0) is 18.1. The van der Waals surface area contributed by atoms with Crippen molar-refractivity contribution in [3.05, 3.63) is 52.8 Å². The van der Waals surface area contributed by atoms with Crippen molar-refractivity contribution < 1.29 is 9.84 Å². The molecule has 4 heteroatoms. The van der Waals surface area contributed by atoms with Crippen molar-refractivity contribution in [1.82, 2.24) is 4.98 Å². The standard InChI is InChI=1S/C21H30N2O2/c1-3-4-5-6-10-19-20(14-17(15-24)16(2)21(19)22)25-13-11-18-9-7-8-12-23-18/h7-9,12,14,24H,3-6,10-11,13,15,22H2,1-2H3. The zero-order valence-corrected chi connectivity index (χ0v) is 15.4. The lowest BCUT2D eigenvalue weighted by atomic mass is 9.97. The first-order valence-electron chi connectivity index (χ1n) is 9.21. The molecule has 1 aromatic carbocycles. The van der Waals surface area contributed by atoms with Crippen LogP contribution in [0.3, 0.4) is 0 Å². The molecular formula is C21H30N2O2. The Labute approximate surface area is 151 Å². The molecule has 0 spiro atoms. The van der Waals surface area contributed by atoms with E-state index in [1.807, 2.05) is 31.2 Å². The van der Waals surface area contributed by atoms with E-state index in [2.05, 4.69) is 11.9 Å². The lowest BCUT2D eigenvalue weighted by Gasteiger charge is -2.18. The number of pyridine rings is 1. The van der Waals surface area contributed by atoms with Crippen molar-refractivity contribution >= 4 is 5.69 Å². The zero-order valence-electron chi connectivity index (χ0n) is 15.4. The van der Waals surface area contributed by atoms with Crippen LogP contribution in [0.1, 0.15) is 55.0 Å². The molecule has 1 heterocycles. The molecule has 0 bridgehead atoms. The third-order valence-corrected chi connectivity index (χ3v) is 4.61. The molecule has 1 aromatic heterocycles. The van der Waals surface area contributed by atoms with Crippen molar-refractivity contribution in [3.63, 3.8) is 0 Å². The number of anilines is 1. The Morgan fingerprint density at radius 3 is 2.68 bits per heavy atom. The van der Waals surface area contributed by atoms with Gasteiger partial charge >= 0.3 is 0 Å². The summed E-state index contributed by atoms with van der Waals surface area (Å²) < 4.78 is 6.05. The van der Waals surface area contributed by atoms with Gasteiger partial charge in [-0.1, -0.05) is 32.3 Å². The summed E-state index contributed by atoms with van der Waals surface area (Å²) in [5.41, 5.74) is 11.0. The van der Waals surface area contributed by atoms with Crippen LogP contribution in [-0.4, -0.2) is 16.7 Å². The molecule has 4 nitrogen and oxygen atoms in total. The van der Waals surface area contributed by atoms with Gasteiger partial charge in [0.2, 0.25) is 0 Å². The second-order valence-corrected chi connectivity index (χ2v) is 6.44. The van der Waals surface area contributed by atoms with Gasteiger partial charge in [-0.2, -0.15) is 0 Å². The van der Waals surface area contributed by atoms with Gasteiger partial charge in [0.25, 0.3) is 0 Å². The van der Waals surface area contributed by atoms with Gasteiger partial charge in [0.1, 0.15) is 5.75 Å². The Morgan fingerprint density at radius 1 is 1.16 bits per heavy atom. The molecule has 0 amide bonds. The predicted molar refractivity (Wildman–Crippen MR) is 103 cm³/mol. The maximum Gasteiger partial charge on any atom is 0.124 e. The molecule has 0 radical (unpaired) electrons. The van der Waals surface area contributed by atoms with Crippen molar-refractivity contribution in [1.29, 1.82) is 0 Å². The number of nitrogen functional groups attached to an aromatic ring is 1. The lowest BCUT2D eigenvalue weighted by molar-refractivity contribution is 0.278. The first-order valence-corrected chi connectivity index (χ1v) is 9.21. The molecule has 0 saturated heterocycles. The Bertz CT molecular complexity index is 657. The van der Waals surface area contributed by atoms with E-state index in [0.29, 0.717) is 6.61 Å². The highest BCUT2D eigenvalue weighted by molar-refractivity contribution is 5.62. The SMILES string of the molecule is CCCCCCc1c(OCCc2ccccn2)cc(CO)c(C)c1N. The van der Waals surface area contributed by atoms with Crippen LogP contribution in [0.15, 0.2) is 30.5 Å². The molecule has 0 saturated carbocycles. The fourth-order valence-corrected chi connectivity index (χ4v) is 2.98. The van der Waals surface area contributed by atoms with Gasteiger partial charge in [-0.15, -0.1) is 0 Å². The second-order valence-electron chi connectivity index (χ2n) is 6.44. The number of hydrogen-bond acceptors (Lipinski definition) is 4. The van der Waals surface area contributed by atoms with E-state index in [-0.39, 0.29) is 6.61 Å². The van der Waals surface area contributed by atoms with Crippen molar-refractivity contribution in [2.24, 2.45) is 0 Å². The number of benzene rings is 1. The average molecular weight is 342 g/mol. The minimum Gasteiger partial charge on any atom is -0.493 e. The van der Waals surface area contributed by atoms with E-state index in [9.17, 15) is 5.11 Å². The molecule has 0 aliphatic rings. The number of aliphatic hydroxyl groups excluding tert-OH is 1. The third-order valence-electron chi connectivity index (χ3n) is 4.61. The van der Waals surface area contributed by atoms with E-state index in [0.717, 1.165) is 53.1 Å². The minimum atomic E-state index is -0.0251. The van der Waals surface area contributed by atoms with Gasteiger partial charge in [0.15, 0.2) is 0 Å². The van der Waals surface area contributed by atoms with Crippen LogP contribution >= 0.6 is 0 Å². The largest absolute Gasteiger partial charge is 0.493 e. The third kappa shape index (κ3) is 5.46. The highest BCUT2D eigenvalue weighted by atomic mass is 16.5. The summed E-state index contributed by atoms with van der Waals surface area (Å²) in [5, 5.41) is 9.59. The summed E-state index contributed by atoms with van der Waals surface area (Å²) in [4.78, 5) is 4.32. The molecule has 0 fully saturated rings. The monoisotopic (exact) mass is 342 g/mol. The highest BCUT2D eigenvalue weighted by Gasteiger charge is 2.14. The summed E-state index contributed by atoms with van der Waals surface area (Å²) in [6.45, 7) is 4.70. The Morgan fingerprint density at radius 2 is 2.00 bits per heavy atom. The molecule has 136 valence electrons. The van der Waals surface area contributed by atoms with Crippen LogP contribution in [0.2, 0.25) is 0 Å². The van der Waals surface area contributed by atoms with E-state index in [4.69, 9.17) is 10.5 Å². The maximum absolute atomic E-state index is 9.59. The van der Waals surface area contributed by atoms with Crippen LogP contribution in [0.25, 0.3) is 0 Å². The molecule has 0 unspecified atom stereocenters. The number of aliphatic hydroxyl groups is 1. The Hall–Kier alpha value is -2.07. The smallest absolute Gasteiger partial charge is 0.124 e. The van der Waals surface area contributed by atoms with Crippen LogP contribution in [0, 0.1) is 6.92 Å². The van der Waals surface area contributed by atoms with Crippen molar-refractivity contribution in [3.8, 4) is 5.75 Å². The average Bonchev–Trinajstić information content (AvgIpc) is 2.64. The molecular weight excluding hydrogens is 312 g/mol. The molecule has 25 heavy (non-hydrogen) atoms. The number of rotatable bonds is 10. The highest BCUT2D eigenvalue weighted by Crippen LogP contribution is 2.32. The number of hydrogen-bond donors (Lipinski definition) is 2. The number of unbranched alkanes of at least 4 members (excludes halogenated alkanes) is 3. The number of aromatic nitrogens is 1.